The van der Waals surface area contributed by atoms with Crippen molar-refractivity contribution in [2.75, 3.05) is 0 Å². The highest BCUT2D eigenvalue weighted by Crippen LogP contribution is 2.25. The molecule has 0 radical (unpaired) electrons. The molecule has 2 N–H and O–H groups in total. The Balaban J connectivity index is 1.90. The number of hydrogen-bond donors (Lipinski definition) is 1. The smallest absolute Gasteiger partial charge is 0.0393 e. The van der Waals surface area contributed by atoms with Gasteiger partial charge in [-0.1, -0.05) is 6.92 Å². The molecule has 0 aliphatic rings. The van der Waals surface area contributed by atoms with E-state index in [2.05, 4.69) is 35.9 Å². The van der Waals surface area contributed by atoms with Crippen LogP contribution in [0.3, 0.4) is 0 Å². The van der Waals surface area contributed by atoms with Crippen LogP contribution >= 0.6 is 22.7 Å². The first kappa shape index (κ1) is 11.8. The summed E-state index contributed by atoms with van der Waals surface area (Å²) in [5.74, 6) is 0. The SMILES string of the molecule is CCc1ccc(C(N)CCc2ccsc2)s1. The first-order chi connectivity index (χ1) is 7.79. The average molecular weight is 251 g/mol. The Kier molecular flexibility index (Phi) is 4.16. The van der Waals surface area contributed by atoms with Gasteiger partial charge >= 0.3 is 0 Å². The molecule has 0 bridgehead atoms. The van der Waals surface area contributed by atoms with Crippen molar-refractivity contribution in [3.05, 3.63) is 44.3 Å². The molecule has 0 fully saturated rings. The van der Waals surface area contributed by atoms with Gasteiger partial charge in [0.15, 0.2) is 0 Å². The Morgan fingerprint density at radius 3 is 2.81 bits per heavy atom. The molecule has 1 nitrogen and oxygen atoms in total. The molecule has 3 heteroatoms. The van der Waals surface area contributed by atoms with Crippen molar-refractivity contribution in [3.63, 3.8) is 0 Å². The maximum Gasteiger partial charge on any atom is 0.0393 e. The van der Waals surface area contributed by atoms with Crippen molar-refractivity contribution in [2.24, 2.45) is 5.73 Å². The fourth-order valence-electron chi connectivity index (χ4n) is 1.68. The van der Waals surface area contributed by atoms with E-state index in [1.807, 2.05) is 11.3 Å². The van der Waals surface area contributed by atoms with Crippen molar-refractivity contribution < 1.29 is 0 Å². The standard InChI is InChI=1S/C13H17NS2/c1-2-11-4-6-13(16-11)12(14)5-3-10-7-8-15-9-10/h4,6-9,12H,2-3,5,14H2,1H3. The third kappa shape index (κ3) is 2.94. The van der Waals surface area contributed by atoms with E-state index < -0.39 is 0 Å². The molecule has 2 heterocycles. The molecule has 0 spiro atoms. The molecule has 2 aromatic heterocycles. The predicted octanol–water partition coefficient (Wildman–Crippen LogP) is 4.00. The second kappa shape index (κ2) is 5.62. The van der Waals surface area contributed by atoms with E-state index in [1.165, 1.54) is 15.3 Å². The lowest BCUT2D eigenvalue weighted by molar-refractivity contribution is 0.663. The normalized spacial score (nSPS) is 12.9. The second-order valence-electron chi connectivity index (χ2n) is 3.93. The molecule has 86 valence electrons. The van der Waals surface area contributed by atoms with Crippen LogP contribution in [0.2, 0.25) is 0 Å². The van der Waals surface area contributed by atoms with E-state index in [4.69, 9.17) is 5.73 Å². The maximum absolute atomic E-state index is 6.19. The van der Waals surface area contributed by atoms with Gasteiger partial charge in [0.05, 0.1) is 0 Å². The van der Waals surface area contributed by atoms with Crippen molar-refractivity contribution >= 4 is 22.7 Å². The third-order valence-electron chi connectivity index (χ3n) is 2.72. The number of aryl methyl sites for hydroxylation is 2. The fourth-order valence-corrected chi connectivity index (χ4v) is 3.37. The van der Waals surface area contributed by atoms with Crippen LogP contribution in [0, 0.1) is 0 Å². The van der Waals surface area contributed by atoms with Crippen molar-refractivity contribution in [1.29, 1.82) is 0 Å². The van der Waals surface area contributed by atoms with Crippen LogP contribution in [0.15, 0.2) is 29.0 Å². The monoisotopic (exact) mass is 251 g/mol. The zero-order chi connectivity index (χ0) is 11.4. The summed E-state index contributed by atoms with van der Waals surface area (Å²) >= 11 is 3.61. The first-order valence-electron chi connectivity index (χ1n) is 5.65. The quantitative estimate of drug-likeness (QED) is 0.854. The van der Waals surface area contributed by atoms with Gasteiger partial charge in [0.2, 0.25) is 0 Å². The summed E-state index contributed by atoms with van der Waals surface area (Å²) in [6, 6.07) is 6.76. The summed E-state index contributed by atoms with van der Waals surface area (Å²) in [5, 5.41) is 4.33. The summed E-state index contributed by atoms with van der Waals surface area (Å²) in [4.78, 5) is 2.76. The summed E-state index contributed by atoms with van der Waals surface area (Å²) in [5.41, 5.74) is 7.60. The predicted molar refractivity (Wildman–Crippen MR) is 73.3 cm³/mol. The molecule has 1 unspecified atom stereocenters. The van der Waals surface area contributed by atoms with Gasteiger partial charge in [-0.25, -0.2) is 0 Å². The summed E-state index contributed by atoms with van der Waals surface area (Å²) < 4.78 is 0. The Bertz CT molecular complexity index is 417. The Labute approximate surface area is 105 Å². The summed E-state index contributed by atoms with van der Waals surface area (Å²) in [7, 11) is 0. The summed E-state index contributed by atoms with van der Waals surface area (Å²) in [6.45, 7) is 2.19. The molecule has 0 saturated carbocycles. The van der Waals surface area contributed by atoms with Crippen LogP contribution in [-0.2, 0) is 12.8 Å². The average Bonchev–Trinajstić information content (AvgIpc) is 2.96. The van der Waals surface area contributed by atoms with Gasteiger partial charge in [0.25, 0.3) is 0 Å². The molecular weight excluding hydrogens is 234 g/mol. The zero-order valence-electron chi connectivity index (χ0n) is 9.48. The van der Waals surface area contributed by atoms with Gasteiger partial charge in [-0.2, -0.15) is 11.3 Å². The highest BCUT2D eigenvalue weighted by atomic mass is 32.1. The third-order valence-corrected chi connectivity index (χ3v) is 4.81. The van der Waals surface area contributed by atoms with Gasteiger partial charge in [-0.3, -0.25) is 0 Å². The summed E-state index contributed by atoms with van der Waals surface area (Å²) in [6.07, 6.45) is 3.24. The topological polar surface area (TPSA) is 26.0 Å². The number of hydrogen-bond acceptors (Lipinski definition) is 3. The highest BCUT2D eigenvalue weighted by molar-refractivity contribution is 7.12. The molecule has 2 rings (SSSR count). The molecule has 0 aliphatic heterocycles. The minimum atomic E-state index is 0.199. The van der Waals surface area contributed by atoms with E-state index in [1.54, 1.807) is 11.3 Å². The zero-order valence-corrected chi connectivity index (χ0v) is 11.1. The van der Waals surface area contributed by atoms with E-state index in [-0.39, 0.29) is 6.04 Å². The van der Waals surface area contributed by atoms with Gasteiger partial charge in [0.1, 0.15) is 0 Å². The van der Waals surface area contributed by atoms with Crippen LogP contribution in [-0.4, -0.2) is 0 Å². The molecular formula is C13H17NS2. The minimum absolute atomic E-state index is 0.199. The van der Waals surface area contributed by atoms with Crippen LogP contribution in [0.1, 0.15) is 34.7 Å². The van der Waals surface area contributed by atoms with Crippen molar-refractivity contribution in [3.8, 4) is 0 Å². The number of rotatable bonds is 5. The van der Waals surface area contributed by atoms with Gasteiger partial charge in [-0.05, 0) is 53.8 Å². The minimum Gasteiger partial charge on any atom is -0.323 e. The lowest BCUT2D eigenvalue weighted by Crippen LogP contribution is -2.09. The molecule has 2 aromatic rings. The van der Waals surface area contributed by atoms with E-state index in [9.17, 15) is 0 Å². The molecule has 0 amide bonds. The number of thiophene rings is 2. The lowest BCUT2D eigenvalue weighted by Gasteiger charge is -2.08. The molecule has 0 aliphatic carbocycles. The van der Waals surface area contributed by atoms with Crippen LogP contribution < -0.4 is 5.73 Å². The molecule has 1 atom stereocenters. The van der Waals surface area contributed by atoms with Gasteiger partial charge in [0, 0.05) is 15.8 Å². The molecule has 0 saturated heterocycles. The highest BCUT2D eigenvalue weighted by Gasteiger charge is 2.09. The van der Waals surface area contributed by atoms with Crippen LogP contribution in [0.4, 0.5) is 0 Å². The van der Waals surface area contributed by atoms with E-state index in [0.29, 0.717) is 0 Å². The molecule has 0 aromatic carbocycles. The van der Waals surface area contributed by atoms with Crippen molar-refractivity contribution in [1.82, 2.24) is 0 Å². The maximum atomic E-state index is 6.19. The van der Waals surface area contributed by atoms with Crippen molar-refractivity contribution in [2.45, 2.75) is 32.2 Å². The Hall–Kier alpha value is -0.640. The Morgan fingerprint density at radius 2 is 2.19 bits per heavy atom. The lowest BCUT2D eigenvalue weighted by atomic mass is 10.1. The second-order valence-corrected chi connectivity index (χ2v) is 5.91. The van der Waals surface area contributed by atoms with Gasteiger partial charge in [-0.15, -0.1) is 11.3 Å². The van der Waals surface area contributed by atoms with E-state index >= 15 is 0 Å². The number of nitrogens with two attached hydrogens (primary N) is 1. The largest absolute Gasteiger partial charge is 0.323 e. The van der Waals surface area contributed by atoms with Gasteiger partial charge < -0.3 is 5.73 Å². The van der Waals surface area contributed by atoms with Crippen LogP contribution in [0.25, 0.3) is 0 Å². The van der Waals surface area contributed by atoms with E-state index in [0.717, 1.165) is 19.3 Å². The fraction of sp³-hybridized carbons (Fsp3) is 0.385. The first-order valence-corrected chi connectivity index (χ1v) is 7.40. The Morgan fingerprint density at radius 1 is 1.31 bits per heavy atom. The van der Waals surface area contributed by atoms with Crippen LogP contribution in [0.5, 0.6) is 0 Å². The molecule has 16 heavy (non-hydrogen) atoms.